The van der Waals surface area contributed by atoms with Crippen molar-refractivity contribution in [2.75, 3.05) is 19.6 Å². The molecular weight excluding hydrogens is 376 g/mol. The van der Waals surface area contributed by atoms with Gasteiger partial charge in [0.15, 0.2) is 0 Å². The summed E-state index contributed by atoms with van der Waals surface area (Å²) in [5.41, 5.74) is 1.12. The van der Waals surface area contributed by atoms with Crippen LogP contribution in [0, 0.1) is 12.3 Å². The minimum atomic E-state index is -0.186. The highest BCUT2D eigenvalue weighted by atomic mass is 32.1. The first kappa shape index (κ1) is 18.9. The Kier molecular flexibility index (Phi) is 4.82. The van der Waals surface area contributed by atoms with Crippen LogP contribution < -0.4 is 5.56 Å². The Morgan fingerprint density at radius 3 is 2.68 bits per heavy atom. The summed E-state index contributed by atoms with van der Waals surface area (Å²) in [4.78, 5) is 45.4. The highest BCUT2D eigenvalue weighted by molar-refractivity contribution is 7.09. The summed E-state index contributed by atoms with van der Waals surface area (Å²) in [7, 11) is 1.62. The normalized spacial score (nSPS) is 18.9. The van der Waals surface area contributed by atoms with Crippen LogP contribution in [0.5, 0.6) is 0 Å². The molecule has 0 atom stereocenters. The van der Waals surface area contributed by atoms with Crippen molar-refractivity contribution in [1.29, 1.82) is 0 Å². The largest absolute Gasteiger partial charge is 0.337 e. The van der Waals surface area contributed by atoms with E-state index in [1.807, 2.05) is 17.2 Å². The molecule has 0 aliphatic carbocycles. The molecule has 8 heteroatoms. The SMILES string of the molecule is Cc1nc(CN2CC3(CCN(C(=O)c4cccc(=O)n4C)CC3)CC2=O)cs1. The lowest BCUT2D eigenvalue weighted by Gasteiger charge is -2.38. The van der Waals surface area contributed by atoms with Crippen molar-refractivity contribution >= 4 is 23.2 Å². The van der Waals surface area contributed by atoms with Crippen molar-refractivity contribution in [3.63, 3.8) is 0 Å². The Morgan fingerprint density at radius 2 is 2.00 bits per heavy atom. The van der Waals surface area contributed by atoms with Crippen LogP contribution in [0.15, 0.2) is 28.4 Å². The summed E-state index contributed by atoms with van der Waals surface area (Å²) in [5, 5.41) is 3.03. The van der Waals surface area contributed by atoms with E-state index in [0.29, 0.717) is 31.7 Å². The Bertz CT molecular complexity index is 972. The Hall–Kier alpha value is -2.48. The zero-order valence-corrected chi connectivity index (χ0v) is 17.0. The standard InChI is InChI=1S/C20H24N4O3S/c1-14-21-15(12-28-14)11-24-13-20(10-18(24)26)6-8-23(9-7-20)19(27)16-4-3-5-17(25)22(16)2/h3-5,12H,6-11,13H2,1-2H3. The number of pyridine rings is 1. The lowest BCUT2D eigenvalue weighted by molar-refractivity contribution is -0.128. The van der Waals surface area contributed by atoms with E-state index in [0.717, 1.165) is 30.1 Å². The second kappa shape index (κ2) is 7.16. The Balaban J connectivity index is 1.41. The molecule has 2 amide bonds. The van der Waals surface area contributed by atoms with Gasteiger partial charge in [0.05, 0.1) is 17.2 Å². The minimum absolute atomic E-state index is 0.0541. The van der Waals surface area contributed by atoms with Gasteiger partial charge in [0.2, 0.25) is 5.91 Å². The maximum absolute atomic E-state index is 12.8. The molecule has 1 spiro atoms. The lowest BCUT2D eigenvalue weighted by atomic mass is 9.77. The molecule has 0 N–H and O–H groups in total. The molecule has 2 aromatic rings. The number of aryl methyl sites for hydroxylation is 1. The summed E-state index contributed by atoms with van der Waals surface area (Å²) in [6, 6.07) is 4.75. The first-order valence-electron chi connectivity index (χ1n) is 9.51. The van der Waals surface area contributed by atoms with Crippen LogP contribution in [0.1, 0.15) is 40.5 Å². The second-order valence-corrected chi connectivity index (χ2v) is 8.95. The van der Waals surface area contributed by atoms with Gasteiger partial charge < -0.3 is 14.4 Å². The van der Waals surface area contributed by atoms with E-state index < -0.39 is 0 Å². The van der Waals surface area contributed by atoms with Gasteiger partial charge in [-0.15, -0.1) is 11.3 Å². The fraction of sp³-hybridized carbons (Fsp3) is 0.500. The number of likely N-dealkylation sites (tertiary alicyclic amines) is 2. The number of hydrogen-bond acceptors (Lipinski definition) is 5. The fourth-order valence-corrected chi connectivity index (χ4v) is 4.87. The number of aromatic nitrogens is 2. The number of carbonyl (C=O) groups is 2. The van der Waals surface area contributed by atoms with Crippen LogP contribution in [0.25, 0.3) is 0 Å². The van der Waals surface area contributed by atoms with E-state index >= 15 is 0 Å². The molecule has 2 aliphatic rings. The molecule has 0 radical (unpaired) electrons. The van der Waals surface area contributed by atoms with E-state index in [-0.39, 0.29) is 22.8 Å². The zero-order chi connectivity index (χ0) is 19.9. The highest BCUT2D eigenvalue weighted by Gasteiger charge is 2.45. The summed E-state index contributed by atoms with van der Waals surface area (Å²) < 4.78 is 1.39. The summed E-state index contributed by atoms with van der Waals surface area (Å²) >= 11 is 1.60. The van der Waals surface area contributed by atoms with Gasteiger partial charge in [-0.25, -0.2) is 4.98 Å². The van der Waals surface area contributed by atoms with Crippen molar-refractivity contribution in [2.24, 2.45) is 12.5 Å². The molecule has 0 unspecified atom stereocenters. The molecule has 28 heavy (non-hydrogen) atoms. The molecule has 2 aromatic heterocycles. The fourth-order valence-electron chi connectivity index (χ4n) is 4.26. The van der Waals surface area contributed by atoms with Gasteiger partial charge in [-0.05, 0) is 25.8 Å². The van der Waals surface area contributed by atoms with Crippen LogP contribution >= 0.6 is 11.3 Å². The van der Waals surface area contributed by atoms with E-state index in [2.05, 4.69) is 4.98 Å². The van der Waals surface area contributed by atoms with Crippen molar-refractivity contribution in [2.45, 2.75) is 32.7 Å². The molecular formula is C20H24N4O3S. The van der Waals surface area contributed by atoms with Gasteiger partial charge in [0, 0.05) is 50.0 Å². The van der Waals surface area contributed by atoms with Gasteiger partial charge >= 0.3 is 0 Å². The highest BCUT2D eigenvalue weighted by Crippen LogP contribution is 2.41. The monoisotopic (exact) mass is 400 g/mol. The number of rotatable bonds is 3. The van der Waals surface area contributed by atoms with Crippen molar-refractivity contribution in [3.05, 3.63) is 50.3 Å². The zero-order valence-electron chi connectivity index (χ0n) is 16.2. The van der Waals surface area contributed by atoms with Crippen molar-refractivity contribution in [1.82, 2.24) is 19.4 Å². The first-order chi connectivity index (χ1) is 13.4. The van der Waals surface area contributed by atoms with Gasteiger partial charge in [-0.3, -0.25) is 14.4 Å². The molecule has 2 saturated heterocycles. The van der Waals surface area contributed by atoms with E-state index in [4.69, 9.17) is 0 Å². The molecule has 4 rings (SSSR count). The minimum Gasteiger partial charge on any atom is -0.337 e. The lowest BCUT2D eigenvalue weighted by Crippen LogP contribution is -2.45. The molecule has 0 bridgehead atoms. The predicted molar refractivity (Wildman–Crippen MR) is 106 cm³/mol. The Morgan fingerprint density at radius 1 is 1.25 bits per heavy atom. The van der Waals surface area contributed by atoms with Crippen LogP contribution in [-0.2, 0) is 18.4 Å². The van der Waals surface area contributed by atoms with E-state index in [1.54, 1.807) is 35.4 Å². The molecule has 2 fully saturated rings. The number of carbonyl (C=O) groups excluding carboxylic acids is 2. The summed E-state index contributed by atoms with van der Waals surface area (Å²) in [6.45, 7) is 4.49. The molecule has 2 aliphatic heterocycles. The van der Waals surface area contributed by atoms with E-state index in [9.17, 15) is 14.4 Å². The van der Waals surface area contributed by atoms with Crippen LogP contribution in [0.4, 0.5) is 0 Å². The third-order valence-electron chi connectivity index (χ3n) is 5.94. The maximum Gasteiger partial charge on any atom is 0.270 e. The Labute approximate surface area is 167 Å². The molecule has 7 nitrogen and oxygen atoms in total. The van der Waals surface area contributed by atoms with Gasteiger partial charge in [0.1, 0.15) is 5.69 Å². The second-order valence-electron chi connectivity index (χ2n) is 7.88. The third kappa shape index (κ3) is 3.48. The number of piperidine rings is 1. The molecule has 0 aromatic carbocycles. The molecule has 148 valence electrons. The van der Waals surface area contributed by atoms with Crippen molar-refractivity contribution < 1.29 is 9.59 Å². The number of hydrogen-bond donors (Lipinski definition) is 0. The number of nitrogens with zero attached hydrogens (tertiary/aromatic N) is 4. The van der Waals surface area contributed by atoms with Crippen LogP contribution in [0.3, 0.4) is 0 Å². The van der Waals surface area contributed by atoms with Crippen LogP contribution in [-0.4, -0.2) is 50.8 Å². The quantitative estimate of drug-likeness (QED) is 0.787. The first-order valence-corrected chi connectivity index (χ1v) is 10.4. The predicted octanol–water partition coefficient (Wildman–Crippen LogP) is 1.81. The number of amides is 2. The van der Waals surface area contributed by atoms with Gasteiger partial charge in [0.25, 0.3) is 11.5 Å². The molecule has 4 heterocycles. The van der Waals surface area contributed by atoms with E-state index in [1.165, 1.54) is 10.6 Å². The molecule has 0 saturated carbocycles. The number of thiazole rings is 1. The average molecular weight is 401 g/mol. The van der Waals surface area contributed by atoms with Gasteiger partial charge in [-0.2, -0.15) is 0 Å². The van der Waals surface area contributed by atoms with Gasteiger partial charge in [-0.1, -0.05) is 6.07 Å². The maximum atomic E-state index is 12.8. The third-order valence-corrected chi connectivity index (χ3v) is 6.76. The smallest absolute Gasteiger partial charge is 0.270 e. The average Bonchev–Trinajstić information content (AvgIpc) is 3.21. The van der Waals surface area contributed by atoms with Crippen LogP contribution in [0.2, 0.25) is 0 Å². The van der Waals surface area contributed by atoms with Crippen molar-refractivity contribution in [3.8, 4) is 0 Å². The summed E-state index contributed by atoms with van der Waals surface area (Å²) in [6.07, 6.45) is 2.15. The topological polar surface area (TPSA) is 75.5 Å². The summed E-state index contributed by atoms with van der Waals surface area (Å²) in [5.74, 6) is 0.0602.